The van der Waals surface area contributed by atoms with E-state index in [1.807, 2.05) is 12.3 Å². The fourth-order valence-corrected chi connectivity index (χ4v) is 2.43. The number of rotatable bonds is 9. The number of carbonyl (C=O) groups is 1. The highest BCUT2D eigenvalue weighted by Gasteiger charge is 2.09. The van der Waals surface area contributed by atoms with Crippen LogP contribution in [0.1, 0.15) is 12.7 Å². The average molecular weight is 352 g/mol. The Morgan fingerprint density at radius 1 is 1.58 bits per heavy atom. The molecule has 10 heteroatoms. The van der Waals surface area contributed by atoms with Crippen molar-refractivity contribution >= 4 is 28.8 Å². The zero-order chi connectivity index (χ0) is 17.4. The summed E-state index contributed by atoms with van der Waals surface area (Å²) in [5, 5.41) is 7.96. The molecule has 0 aromatic carbocycles. The molecule has 2 amide bonds. The summed E-state index contributed by atoms with van der Waals surface area (Å²) < 4.78 is 10.8. The number of aromatic nitrogens is 1. The number of furan rings is 1. The van der Waals surface area contributed by atoms with E-state index in [0.717, 1.165) is 0 Å². The van der Waals surface area contributed by atoms with Crippen LogP contribution in [0.5, 0.6) is 0 Å². The summed E-state index contributed by atoms with van der Waals surface area (Å²) in [6.07, 6.45) is 1.13. The fourth-order valence-electron chi connectivity index (χ4n) is 1.76. The molecule has 130 valence electrons. The lowest BCUT2D eigenvalue weighted by Crippen LogP contribution is -2.28. The Bertz CT molecular complexity index is 684. The molecule has 1 unspecified atom stereocenters. The van der Waals surface area contributed by atoms with Gasteiger partial charge in [0, 0.05) is 12.0 Å². The van der Waals surface area contributed by atoms with Gasteiger partial charge in [-0.15, -0.1) is 11.3 Å². The third kappa shape index (κ3) is 5.65. The number of amides is 2. The van der Waals surface area contributed by atoms with Gasteiger partial charge in [0.15, 0.2) is 10.9 Å². The van der Waals surface area contributed by atoms with Crippen molar-refractivity contribution in [3.8, 4) is 11.5 Å². The van der Waals surface area contributed by atoms with Gasteiger partial charge in [-0.2, -0.15) is 0 Å². The maximum absolute atomic E-state index is 10.7. The predicted octanol–water partition coefficient (Wildman–Crippen LogP) is 1.33. The Morgan fingerprint density at radius 3 is 3.17 bits per heavy atom. The lowest BCUT2D eigenvalue weighted by atomic mass is 10.3. The Kier molecular flexibility index (Phi) is 6.73. The van der Waals surface area contributed by atoms with E-state index >= 15 is 0 Å². The largest absolute Gasteiger partial charge is 0.458 e. The molecule has 0 aliphatic carbocycles. The molecule has 24 heavy (non-hydrogen) atoms. The molecule has 0 bridgehead atoms. The normalized spacial score (nSPS) is 12.4. The minimum absolute atomic E-state index is 0.233. The molecule has 0 spiro atoms. The minimum atomic E-state index is -0.601. The number of carbonyl (C=O) groups excluding carboxylic acids is 1. The number of hydrogen-bond acceptors (Lipinski definition) is 7. The first-order valence-electron chi connectivity index (χ1n) is 7.28. The third-order valence-corrected chi connectivity index (χ3v) is 3.57. The van der Waals surface area contributed by atoms with Crippen LogP contribution in [0.3, 0.4) is 0 Å². The monoisotopic (exact) mass is 352 g/mol. The molecular weight excluding hydrogens is 332 g/mol. The van der Waals surface area contributed by atoms with Crippen LogP contribution in [0, 0.1) is 0 Å². The van der Waals surface area contributed by atoms with E-state index < -0.39 is 12.3 Å². The summed E-state index contributed by atoms with van der Waals surface area (Å²) in [4.78, 5) is 19.2. The van der Waals surface area contributed by atoms with Crippen molar-refractivity contribution in [2.45, 2.75) is 19.7 Å². The number of anilines is 1. The van der Waals surface area contributed by atoms with E-state index in [9.17, 15) is 4.79 Å². The zero-order valence-electron chi connectivity index (χ0n) is 13.2. The van der Waals surface area contributed by atoms with Crippen molar-refractivity contribution in [3.05, 3.63) is 23.3 Å². The fraction of sp³-hybridized carbons (Fsp3) is 0.357. The van der Waals surface area contributed by atoms with Crippen molar-refractivity contribution in [2.24, 2.45) is 16.5 Å². The van der Waals surface area contributed by atoms with Gasteiger partial charge in [0.2, 0.25) is 0 Å². The van der Waals surface area contributed by atoms with Crippen molar-refractivity contribution in [2.75, 3.05) is 18.5 Å². The average Bonchev–Trinajstić information content (AvgIpc) is 3.19. The molecule has 0 aliphatic heterocycles. The van der Waals surface area contributed by atoms with Crippen LogP contribution in [0.2, 0.25) is 0 Å². The molecule has 0 fully saturated rings. The van der Waals surface area contributed by atoms with E-state index in [-0.39, 0.29) is 6.54 Å². The quantitative estimate of drug-likeness (QED) is 0.305. The summed E-state index contributed by atoms with van der Waals surface area (Å²) in [7, 11) is 0. The molecule has 0 aliphatic rings. The second kappa shape index (κ2) is 9.01. The number of primary amides is 1. The first-order chi connectivity index (χ1) is 11.6. The molecule has 1 atom stereocenters. The van der Waals surface area contributed by atoms with E-state index in [2.05, 4.69) is 20.6 Å². The Hall–Kier alpha value is -2.43. The van der Waals surface area contributed by atoms with Gasteiger partial charge in [0.1, 0.15) is 17.7 Å². The molecule has 2 aromatic heterocycles. The standard InChI is InChI=1S/C14H20N6O3S/c1-2-22-12(15)6-17-8-19-14-20-10(7-24-14)11-4-3-9(23-11)5-18-13(16)21/h3-4,7-8,12H,2,5-6,15H2,1H3,(H3,16,18,21)(H,17,19,20). The molecule has 0 radical (unpaired) electrons. The molecule has 0 saturated heterocycles. The smallest absolute Gasteiger partial charge is 0.312 e. The van der Waals surface area contributed by atoms with Gasteiger partial charge in [-0.05, 0) is 19.1 Å². The second-order valence-electron chi connectivity index (χ2n) is 4.65. The van der Waals surface area contributed by atoms with Crippen LogP contribution in [-0.4, -0.2) is 36.7 Å². The number of hydrogen-bond donors (Lipinski definition) is 4. The molecule has 2 rings (SSSR count). The summed E-state index contributed by atoms with van der Waals surface area (Å²) in [6, 6.07) is 2.94. The van der Waals surface area contributed by atoms with E-state index in [1.165, 1.54) is 17.7 Å². The van der Waals surface area contributed by atoms with E-state index in [1.54, 1.807) is 12.1 Å². The van der Waals surface area contributed by atoms with Gasteiger partial charge in [-0.25, -0.2) is 9.78 Å². The van der Waals surface area contributed by atoms with Crippen molar-refractivity contribution in [1.82, 2.24) is 10.3 Å². The van der Waals surface area contributed by atoms with Crippen LogP contribution < -0.4 is 22.1 Å². The number of urea groups is 1. The summed E-state index contributed by atoms with van der Waals surface area (Å²) in [5.74, 6) is 1.20. The molecule has 6 N–H and O–H groups in total. The predicted molar refractivity (Wildman–Crippen MR) is 92.8 cm³/mol. The van der Waals surface area contributed by atoms with Gasteiger partial charge >= 0.3 is 6.03 Å². The second-order valence-corrected chi connectivity index (χ2v) is 5.51. The van der Waals surface area contributed by atoms with Crippen LogP contribution in [-0.2, 0) is 11.3 Å². The zero-order valence-corrected chi connectivity index (χ0v) is 14.0. The highest BCUT2D eigenvalue weighted by Crippen LogP contribution is 2.26. The van der Waals surface area contributed by atoms with Crippen LogP contribution >= 0.6 is 11.3 Å². The molecule has 2 heterocycles. The van der Waals surface area contributed by atoms with Crippen molar-refractivity contribution < 1.29 is 13.9 Å². The van der Waals surface area contributed by atoms with Crippen LogP contribution in [0.15, 0.2) is 26.9 Å². The van der Waals surface area contributed by atoms with Gasteiger partial charge in [0.05, 0.1) is 19.4 Å². The lowest BCUT2D eigenvalue weighted by molar-refractivity contribution is 0.0744. The summed E-state index contributed by atoms with van der Waals surface area (Å²) >= 11 is 1.42. The Balaban J connectivity index is 1.86. The number of thiazole rings is 1. The van der Waals surface area contributed by atoms with Gasteiger partial charge in [0.25, 0.3) is 0 Å². The first-order valence-corrected chi connectivity index (χ1v) is 8.16. The number of nitrogens with zero attached hydrogens (tertiary/aromatic N) is 2. The van der Waals surface area contributed by atoms with Crippen LogP contribution in [0.25, 0.3) is 11.5 Å². The molecular formula is C14H20N6O3S. The minimum Gasteiger partial charge on any atom is -0.458 e. The lowest BCUT2D eigenvalue weighted by Gasteiger charge is -2.07. The number of aliphatic imine (C=N–C) groups is 1. The molecule has 2 aromatic rings. The maximum atomic E-state index is 10.7. The van der Waals surface area contributed by atoms with Crippen LogP contribution in [0.4, 0.5) is 9.93 Å². The van der Waals surface area contributed by atoms with Crippen molar-refractivity contribution in [1.29, 1.82) is 0 Å². The van der Waals surface area contributed by atoms with Crippen molar-refractivity contribution in [3.63, 3.8) is 0 Å². The van der Waals surface area contributed by atoms with Gasteiger partial charge in [-0.1, -0.05) is 0 Å². The number of ether oxygens (including phenoxy) is 1. The Labute approximate surface area is 143 Å². The first kappa shape index (κ1) is 17.9. The topological polar surface area (TPSA) is 141 Å². The summed E-state index contributed by atoms with van der Waals surface area (Å²) in [6.45, 7) is 3.04. The highest BCUT2D eigenvalue weighted by molar-refractivity contribution is 7.14. The Morgan fingerprint density at radius 2 is 2.42 bits per heavy atom. The van der Waals surface area contributed by atoms with E-state index in [0.29, 0.717) is 35.5 Å². The molecule has 9 nitrogen and oxygen atoms in total. The highest BCUT2D eigenvalue weighted by atomic mass is 32.1. The third-order valence-electron chi connectivity index (χ3n) is 2.80. The van der Waals surface area contributed by atoms with E-state index in [4.69, 9.17) is 20.6 Å². The summed E-state index contributed by atoms with van der Waals surface area (Å²) in [5.41, 5.74) is 11.4. The SMILES string of the molecule is CCOC(N)CN=CNc1nc(-c2ccc(CNC(N)=O)o2)cs1. The maximum Gasteiger partial charge on any atom is 0.312 e. The molecule has 0 saturated carbocycles. The van der Waals surface area contributed by atoms with Gasteiger partial charge < -0.3 is 31.3 Å². The van der Waals surface area contributed by atoms with Gasteiger partial charge in [-0.3, -0.25) is 4.99 Å². The number of nitrogens with one attached hydrogen (secondary N) is 2. The number of nitrogens with two attached hydrogens (primary N) is 2.